The van der Waals surface area contributed by atoms with Crippen molar-refractivity contribution in [3.63, 3.8) is 0 Å². The first kappa shape index (κ1) is 14.6. The van der Waals surface area contributed by atoms with Crippen LogP contribution in [0.3, 0.4) is 0 Å². The summed E-state index contributed by atoms with van der Waals surface area (Å²) in [6.07, 6.45) is 0. The fourth-order valence-electron chi connectivity index (χ4n) is 1.71. The normalized spacial score (nSPS) is 11.6. The van der Waals surface area contributed by atoms with Crippen molar-refractivity contribution >= 4 is 23.0 Å². The smallest absolute Gasteiger partial charge is 0.187 e. The molecule has 0 bridgehead atoms. The first-order valence-corrected chi connectivity index (χ1v) is 6.49. The number of benzene rings is 1. The second-order valence-corrected chi connectivity index (χ2v) is 5.16. The molecule has 4 heteroatoms. The Morgan fingerprint density at radius 3 is 2.50 bits per heavy atom. The number of aryl methyl sites for hydroxylation is 2. The summed E-state index contributed by atoms with van der Waals surface area (Å²) >= 11 is 5.12. The Balaban J connectivity index is 2.74. The van der Waals surface area contributed by atoms with E-state index < -0.39 is 0 Å². The standard InChI is InChI=1S/C14H21N3S/c1-9(2)15-14(18)17-16-12(5)13-7-6-10(3)8-11(13)4/h6-9H,1-5H3,(H2,15,17,18)/b16-12-. The van der Waals surface area contributed by atoms with Gasteiger partial charge < -0.3 is 5.32 Å². The molecule has 0 amide bonds. The minimum absolute atomic E-state index is 0.307. The molecular weight excluding hydrogens is 242 g/mol. The first-order valence-electron chi connectivity index (χ1n) is 6.08. The third-order valence-corrected chi connectivity index (χ3v) is 2.73. The van der Waals surface area contributed by atoms with Gasteiger partial charge in [0.05, 0.1) is 5.71 Å². The number of rotatable bonds is 3. The number of nitrogens with one attached hydrogen (secondary N) is 2. The molecule has 0 aliphatic rings. The van der Waals surface area contributed by atoms with E-state index in [1.54, 1.807) is 0 Å². The van der Waals surface area contributed by atoms with Crippen LogP contribution in [0.1, 0.15) is 37.5 Å². The summed E-state index contributed by atoms with van der Waals surface area (Å²) in [6.45, 7) is 10.2. The Labute approximate surface area is 115 Å². The van der Waals surface area contributed by atoms with Crippen molar-refractivity contribution in [2.45, 2.75) is 40.7 Å². The van der Waals surface area contributed by atoms with E-state index in [0.29, 0.717) is 11.2 Å². The molecule has 0 heterocycles. The molecular formula is C14H21N3S. The van der Waals surface area contributed by atoms with Gasteiger partial charge >= 0.3 is 0 Å². The molecule has 0 unspecified atom stereocenters. The molecule has 18 heavy (non-hydrogen) atoms. The summed E-state index contributed by atoms with van der Waals surface area (Å²) in [5.41, 5.74) is 7.41. The summed E-state index contributed by atoms with van der Waals surface area (Å²) in [7, 11) is 0. The quantitative estimate of drug-likeness (QED) is 0.500. The molecule has 0 saturated carbocycles. The lowest BCUT2D eigenvalue weighted by Crippen LogP contribution is -2.37. The van der Waals surface area contributed by atoms with Gasteiger partial charge in [0.1, 0.15) is 0 Å². The average molecular weight is 263 g/mol. The van der Waals surface area contributed by atoms with Gasteiger partial charge in [0.2, 0.25) is 0 Å². The molecule has 0 saturated heterocycles. The monoisotopic (exact) mass is 263 g/mol. The highest BCUT2D eigenvalue weighted by Gasteiger charge is 2.03. The van der Waals surface area contributed by atoms with E-state index in [1.807, 2.05) is 20.8 Å². The van der Waals surface area contributed by atoms with Crippen LogP contribution in [-0.4, -0.2) is 16.9 Å². The van der Waals surface area contributed by atoms with Gasteiger partial charge in [-0.15, -0.1) is 0 Å². The summed E-state index contributed by atoms with van der Waals surface area (Å²) in [5, 5.41) is 7.94. The van der Waals surface area contributed by atoms with Crippen molar-refractivity contribution in [3.8, 4) is 0 Å². The Morgan fingerprint density at radius 2 is 1.94 bits per heavy atom. The highest BCUT2D eigenvalue weighted by Crippen LogP contribution is 2.11. The molecule has 1 rings (SSSR count). The van der Waals surface area contributed by atoms with E-state index in [-0.39, 0.29) is 0 Å². The van der Waals surface area contributed by atoms with Crippen LogP contribution in [0.25, 0.3) is 0 Å². The lowest BCUT2D eigenvalue weighted by atomic mass is 10.0. The van der Waals surface area contributed by atoms with Crippen LogP contribution in [0.15, 0.2) is 23.3 Å². The van der Waals surface area contributed by atoms with Gasteiger partial charge in [-0.05, 0) is 52.4 Å². The van der Waals surface area contributed by atoms with E-state index >= 15 is 0 Å². The summed E-state index contributed by atoms with van der Waals surface area (Å²) < 4.78 is 0. The molecule has 3 nitrogen and oxygen atoms in total. The maximum atomic E-state index is 5.12. The maximum Gasteiger partial charge on any atom is 0.187 e. The van der Waals surface area contributed by atoms with Gasteiger partial charge in [0.25, 0.3) is 0 Å². The minimum Gasteiger partial charge on any atom is -0.359 e. The van der Waals surface area contributed by atoms with Gasteiger partial charge in [-0.25, -0.2) is 0 Å². The van der Waals surface area contributed by atoms with Crippen LogP contribution >= 0.6 is 12.2 Å². The predicted octanol–water partition coefficient (Wildman–Crippen LogP) is 2.90. The molecule has 0 aliphatic carbocycles. The van der Waals surface area contributed by atoms with Crippen LogP contribution in [0.5, 0.6) is 0 Å². The molecule has 1 aromatic carbocycles. The fraction of sp³-hybridized carbons (Fsp3) is 0.429. The predicted molar refractivity (Wildman–Crippen MR) is 82.1 cm³/mol. The second kappa shape index (κ2) is 6.50. The van der Waals surface area contributed by atoms with Crippen molar-refractivity contribution < 1.29 is 0 Å². The Morgan fingerprint density at radius 1 is 1.28 bits per heavy atom. The van der Waals surface area contributed by atoms with E-state index in [4.69, 9.17) is 12.2 Å². The topological polar surface area (TPSA) is 36.4 Å². The van der Waals surface area contributed by atoms with Crippen LogP contribution in [0, 0.1) is 13.8 Å². The summed E-state index contributed by atoms with van der Waals surface area (Å²) in [5.74, 6) is 0. The molecule has 0 aromatic heterocycles. The Bertz CT molecular complexity index is 464. The zero-order chi connectivity index (χ0) is 13.7. The molecule has 2 N–H and O–H groups in total. The molecule has 0 fully saturated rings. The van der Waals surface area contributed by atoms with Gasteiger partial charge in [-0.1, -0.05) is 23.8 Å². The van der Waals surface area contributed by atoms with Crippen molar-refractivity contribution in [1.29, 1.82) is 0 Å². The summed E-state index contributed by atoms with van der Waals surface area (Å²) in [6, 6.07) is 6.64. The van der Waals surface area contributed by atoms with Crippen molar-refractivity contribution in [2.75, 3.05) is 0 Å². The molecule has 0 spiro atoms. The number of hydrogen-bond donors (Lipinski definition) is 2. The van der Waals surface area contributed by atoms with Gasteiger partial charge in [0, 0.05) is 11.6 Å². The molecule has 0 radical (unpaired) electrons. The van der Waals surface area contributed by atoms with Gasteiger partial charge in [-0.2, -0.15) is 5.10 Å². The highest BCUT2D eigenvalue weighted by molar-refractivity contribution is 7.80. The van der Waals surface area contributed by atoms with Crippen LogP contribution in [0.2, 0.25) is 0 Å². The minimum atomic E-state index is 0.307. The molecule has 0 atom stereocenters. The zero-order valence-electron chi connectivity index (χ0n) is 11.7. The van der Waals surface area contributed by atoms with E-state index in [1.165, 1.54) is 11.1 Å². The zero-order valence-corrected chi connectivity index (χ0v) is 12.5. The van der Waals surface area contributed by atoms with E-state index in [9.17, 15) is 0 Å². The van der Waals surface area contributed by atoms with E-state index in [2.05, 4.69) is 47.9 Å². The lowest BCUT2D eigenvalue weighted by Gasteiger charge is -2.11. The van der Waals surface area contributed by atoms with E-state index in [0.717, 1.165) is 11.3 Å². The molecule has 0 aliphatic heterocycles. The lowest BCUT2D eigenvalue weighted by molar-refractivity contribution is 0.719. The third kappa shape index (κ3) is 4.45. The third-order valence-electron chi connectivity index (χ3n) is 2.52. The largest absolute Gasteiger partial charge is 0.359 e. The Kier molecular flexibility index (Phi) is 5.28. The second-order valence-electron chi connectivity index (χ2n) is 4.76. The number of thiocarbonyl (C=S) groups is 1. The fourth-order valence-corrected chi connectivity index (χ4v) is 1.99. The van der Waals surface area contributed by atoms with Crippen molar-refractivity contribution in [3.05, 3.63) is 34.9 Å². The van der Waals surface area contributed by atoms with Crippen molar-refractivity contribution in [1.82, 2.24) is 10.7 Å². The SMILES string of the molecule is C/C(=N/NC(=S)NC(C)C)c1ccc(C)cc1C. The molecule has 98 valence electrons. The van der Waals surface area contributed by atoms with Crippen LogP contribution < -0.4 is 10.7 Å². The van der Waals surface area contributed by atoms with Crippen molar-refractivity contribution in [2.24, 2.45) is 5.10 Å². The number of nitrogens with zero attached hydrogens (tertiary/aromatic N) is 1. The number of hydrazone groups is 1. The van der Waals surface area contributed by atoms with Gasteiger partial charge in [-0.3, -0.25) is 5.43 Å². The van der Waals surface area contributed by atoms with Crippen LogP contribution in [-0.2, 0) is 0 Å². The van der Waals surface area contributed by atoms with Gasteiger partial charge in [0.15, 0.2) is 5.11 Å². The number of hydrogen-bond acceptors (Lipinski definition) is 2. The maximum absolute atomic E-state index is 5.12. The molecule has 1 aromatic rings. The average Bonchev–Trinajstić information content (AvgIpc) is 2.25. The van der Waals surface area contributed by atoms with Crippen LogP contribution in [0.4, 0.5) is 0 Å². The Hall–Kier alpha value is -1.42. The highest BCUT2D eigenvalue weighted by atomic mass is 32.1. The summed E-state index contributed by atoms with van der Waals surface area (Å²) in [4.78, 5) is 0. The first-order chi connectivity index (χ1) is 8.40.